The number of rotatable bonds is 5. The van der Waals surface area contributed by atoms with Crippen LogP contribution in [0.5, 0.6) is 0 Å². The van der Waals surface area contributed by atoms with Crippen molar-refractivity contribution in [2.75, 3.05) is 18.8 Å². The van der Waals surface area contributed by atoms with Gasteiger partial charge in [0, 0.05) is 24.4 Å². The molecule has 6 heteroatoms. The van der Waals surface area contributed by atoms with Gasteiger partial charge >= 0.3 is 5.97 Å². The fraction of sp³-hybridized carbons (Fsp3) is 0.357. The van der Waals surface area contributed by atoms with Gasteiger partial charge in [-0.3, -0.25) is 9.59 Å². The molecule has 0 N–H and O–H groups in total. The van der Waals surface area contributed by atoms with Gasteiger partial charge in [-0.1, -0.05) is 30.0 Å². The Labute approximate surface area is 121 Å². The Hall–Kier alpha value is -2.00. The van der Waals surface area contributed by atoms with Crippen LogP contribution in [0.3, 0.4) is 0 Å². The lowest BCUT2D eigenvalue weighted by molar-refractivity contribution is -0.145. The van der Waals surface area contributed by atoms with Crippen molar-refractivity contribution in [3.8, 4) is 6.07 Å². The molecule has 0 radical (unpaired) electrons. The number of esters is 1. The van der Waals surface area contributed by atoms with Crippen LogP contribution < -0.4 is 0 Å². The Balaban J connectivity index is 1.78. The largest absolute Gasteiger partial charge is 0.461 e. The number of benzene rings is 1. The molecule has 0 unspecified atom stereocenters. The minimum absolute atomic E-state index is 0.0210. The average molecular weight is 290 g/mol. The Kier molecular flexibility index (Phi) is 5.02. The first-order valence-corrected chi connectivity index (χ1v) is 7.24. The summed E-state index contributed by atoms with van der Waals surface area (Å²) in [6.07, 6.45) is 0.182. The molecule has 1 amide bonds. The SMILES string of the molecule is N#Cc1ccccc1COC(=O)CCN1CCSC1=O. The molecule has 0 atom stereocenters. The Bertz CT molecular complexity index is 554. The van der Waals surface area contributed by atoms with Crippen LogP contribution >= 0.6 is 11.8 Å². The minimum Gasteiger partial charge on any atom is -0.461 e. The van der Waals surface area contributed by atoms with Crippen molar-refractivity contribution in [1.82, 2.24) is 4.90 Å². The van der Waals surface area contributed by atoms with Gasteiger partial charge in [0.2, 0.25) is 0 Å². The molecule has 1 aliphatic rings. The molecular formula is C14H14N2O3S. The molecule has 1 saturated heterocycles. The lowest BCUT2D eigenvalue weighted by atomic mass is 10.1. The van der Waals surface area contributed by atoms with Crippen molar-refractivity contribution < 1.29 is 14.3 Å². The van der Waals surface area contributed by atoms with E-state index in [1.165, 1.54) is 11.8 Å². The van der Waals surface area contributed by atoms with Crippen molar-refractivity contribution in [2.24, 2.45) is 0 Å². The summed E-state index contributed by atoms with van der Waals surface area (Å²) in [4.78, 5) is 24.6. The second-order valence-corrected chi connectivity index (χ2v) is 5.33. The summed E-state index contributed by atoms with van der Waals surface area (Å²) >= 11 is 1.27. The Morgan fingerprint density at radius 1 is 1.45 bits per heavy atom. The highest BCUT2D eigenvalue weighted by Crippen LogP contribution is 2.17. The normalized spacial score (nSPS) is 14.2. The van der Waals surface area contributed by atoms with Crippen LogP contribution in [0.25, 0.3) is 0 Å². The third-order valence-corrected chi connectivity index (χ3v) is 3.85. The maximum atomic E-state index is 11.6. The predicted molar refractivity (Wildman–Crippen MR) is 75.0 cm³/mol. The number of hydrogen-bond acceptors (Lipinski definition) is 5. The van der Waals surface area contributed by atoms with Gasteiger partial charge in [-0.25, -0.2) is 0 Å². The van der Waals surface area contributed by atoms with Crippen LogP contribution in [0.1, 0.15) is 17.5 Å². The van der Waals surface area contributed by atoms with E-state index in [1.54, 1.807) is 29.2 Å². The summed E-state index contributed by atoms with van der Waals surface area (Å²) in [5.74, 6) is 0.422. The smallest absolute Gasteiger partial charge is 0.307 e. The number of thioether (sulfide) groups is 1. The van der Waals surface area contributed by atoms with Gasteiger partial charge in [-0.05, 0) is 6.07 Å². The highest BCUT2D eigenvalue weighted by atomic mass is 32.2. The topological polar surface area (TPSA) is 70.4 Å². The fourth-order valence-electron chi connectivity index (χ4n) is 1.84. The number of hydrogen-bond donors (Lipinski definition) is 0. The first-order chi connectivity index (χ1) is 9.70. The summed E-state index contributed by atoms with van der Waals surface area (Å²) in [6, 6.07) is 9.06. The number of nitrogens with zero attached hydrogens (tertiary/aromatic N) is 2. The number of amides is 1. The van der Waals surface area contributed by atoms with Crippen LogP contribution in [0.4, 0.5) is 4.79 Å². The van der Waals surface area contributed by atoms with Crippen LogP contribution in [0, 0.1) is 11.3 Å². The van der Waals surface area contributed by atoms with E-state index in [1.807, 2.05) is 0 Å². The van der Waals surface area contributed by atoms with E-state index in [0.29, 0.717) is 24.2 Å². The molecule has 1 aliphatic heterocycles. The standard InChI is InChI=1S/C14H14N2O3S/c15-9-11-3-1-2-4-12(11)10-19-13(17)5-6-16-7-8-20-14(16)18/h1-4H,5-8,10H2. The number of ether oxygens (including phenoxy) is 1. The minimum atomic E-state index is -0.359. The molecule has 0 aliphatic carbocycles. The average Bonchev–Trinajstić information content (AvgIpc) is 2.88. The van der Waals surface area contributed by atoms with Gasteiger partial charge in [0.25, 0.3) is 5.24 Å². The van der Waals surface area contributed by atoms with E-state index in [0.717, 1.165) is 5.75 Å². The Morgan fingerprint density at radius 3 is 2.95 bits per heavy atom. The molecule has 1 heterocycles. The summed E-state index contributed by atoms with van der Waals surface area (Å²) in [7, 11) is 0. The second kappa shape index (κ2) is 6.96. The lowest BCUT2D eigenvalue weighted by Crippen LogP contribution is -2.26. The number of nitriles is 1. The monoisotopic (exact) mass is 290 g/mol. The van der Waals surface area contributed by atoms with Gasteiger partial charge in [0.05, 0.1) is 18.1 Å². The van der Waals surface area contributed by atoms with E-state index >= 15 is 0 Å². The zero-order valence-corrected chi connectivity index (χ0v) is 11.7. The zero-order chi connectivity index (χ0) is 14.4. The molecule has 0 aromatic heterocycles. The Morgan fingerprint density at radius 2 is 2.25 bits per heavy atom. The summed E-state index contributed by atoms with van der Waals surface area (Å²) in [6.45, 7) is 1.17. The molecule has 2 rings (SSSR count). The van der Waals surface area contributed by atoms with Crippen molar-refractivity contribution >= 4 is 23.0 Å². The van der Waals surface area contributed by atoms with E-state index in [-0.39, 0.29) is 24.2 Å². The van der Waals surface area contributed by atoms with Crippen LogP contribution in [-0.2, 0) is 16.1 Å². The van der Waals surface area contributed by atoms with Crippen LogP contribution in [0.2, 0.25) is 0 Å². The highest BCUT2D eigenvalue weighted by molar-refractivity contribution is 8.13. The summed E-state index contributed by atoms with van der Waals surface area (Å²) < 4.78 is 5.13. The quantitative estimate of drug-likeness (QED) is 0.777. The molecule has 20 heavy (non-hydrogen) atoms. The maximum Gasteiger partial charge on any atom is 0.307 e. The van der Waals surface area contributed by atoms with Gasteiger partial charge in [0.1, 0.15) is 6.61 Å². The lowest BCUT2D eigenvalue weighted by Gasteiger charge is -2.13. The third-order valence-electron chi connectivity index (χ3n) is 2.96. The number of carbonyl (C=O) groups excluding carboxylic acids is 2. The molecule has 5 nitrogen and oxygen atoms in total. The van der Waals surface area contributed by atoms with Gasteiger partial charge < -0.3 is 9.64 Å². The first kappa shape index (κ1) is 14.4. The third kappa shape index (κ3) is 3.75. The van der Waals surface area contributed by atoms with E-state index in [4.69, 9.17) is 10.00 Å². The van der Waals surface area contributed by atoms with Crippen molar-refractivity contribution in [1.29, 1.82) is 5.26 Å². The molecule has 1 fully saturated rings. The van der Waals surface area contributed by atoms with Crippen molar-refractivity contribution in [3.63, 3.8) is 0 Å². The molecule has 0 bridgehead atoms. The molecule has 1 aromatic carbocycles. The first-order valence-electron chi connectivity index (χ1n) is 6.26. The molecular weight excluding hydrogens is 276 g/mol. The van der Waals surface area contributed by atoms with Gasteiger partial charge in [-0.15, -0.1) is 0 Å². The van der Waals surface area contributed by atoms with E-state index in [2.05, 4.69) is 6.07 Å². The predicted octanol–water partition coefficient (Wildman–Crippen LogP) is 2.16. The summed E-state index contributed by atoms with van der Waals surface area (Å²) in [5, 5.41) is 8.94. The second-order valence-electron chi connectivity index (χ2n) is 4.28. The summed E-state index contributed by atoms with van der Waals surface area (Å²) in [5.41, 5.74) is 1.20. The molecule has 1 aromatic rings. The molecule has 0 saturated carbocycles. The van der Waals surface area contributed by atoms with Crippen molar-refractivity contribution in [2.45, 2.75) is 13.0 Å². The van der Waals surface area contributed by atoms with Crippen molar-refractivity contribution in [3.05, 3.63) is 35.4 Å². The van der Waals surface area contributed by atoms with Crippen LogP contribution in [0.15, 0.2) is 24.3 Å². The maximum absolute atomic E-state index is 11.6. The van der Waals surface area contributed by atoms with E-state index < -0.39 is 0 Å². The van der Waals surface area contributed by atoms with E-state index in [9.17, 15) is 9.59 Å². The van der Waals surface area contributed by atoms with Crippen LogP contribution in [-0.4, -0.2) is 35.0 Å². The molecule has 104 valence electrons. The number of carbonyl (C=O) groups is 2. The highest BCUT2D eigenvalue weighted by Gasteiger charge is 2.21. The zero-order valence-electron chi connectivity index (χ0n) is 10.9. The molecule has 0 spiro atoms. The fourth-order valence-corrected chi connectivity index (χ4v) is 2.69. The van der Waals surface area contributed by atoms with Gasteiger partial charge in [-0.2, -0.15) is 5.26 Å². The van der Waals surface area contributed by atoms with Gasteiger partial charge in [0.15, 0.2) is 0 Å².